The van der Waals surface area contributed by atoms with Gasteiger partial charge in [-0.05, 0) is 93.0 Å². The van der Waals surface area contributed by atoms with Gasteiger partial charge in [-0.1, -0.05) is 6.07 Å². The number of aryl methyl sites for hydroxylation is 2. The lowest BCUT2D eigenvalue weighted by atomic mass is 9.92. The Bertz CT molecular complexity index is 1010. The van der Waals surface area contributed by atoms with Crippen LogP contribution in [-0.2, 0) is 27.7 Å². The number of amides is 1. The van der Waals surface area contributed by atoms with E-state index in [0.29, 0.717) is 24.5 Å². The van der Waals surface area contributed by atoms with E-state index < -0.39 is 16.1 Å². The molecule has 6 nitrogen and oxygen atoms in total. The zero-order valence-electron chi connectivity index (χ0n) is 17.3. The van der Waals surface area contributed by atoms with E-state index >= 15 is 0 Å². The fraction of sp³-hybridized carbons (Fsp3) is 0.435. The van der Waals surface area contributed by atoms with Crippen molar-refractivity contribution in [3.05, 3.63) is 53.6 Å². The van der Waals surface area contributed by atoms with Crippen LogP contribution in [0.15, 0.2) is 47.4 Å². The average Bonchev–Trinajstić information content (AvgIpc) is 3.30. The van der Waals surface area contributed by atoms with Crippen molar-refractivity contribution < 1.29 is 17.9 Å². The molecule has 0 aromatic heterocycles. The molecule has 160 valence electrons. The molecule has 0 unspecified atom stereocenters. The highest BCUT2D eigenvalue weighted by Gasteiger charge is 2.27. The van der Waals surface area contributed by atoms with Gasteiger partial charge in [0, 0.05) is 18.8 Å². The molecule has 2 aromatic rings. The topological polar surface area (TPSA) is 75.7 Å². The van der Waals surface area contributed by atoms with Crippen LogP contribution in [0.5, 0.6) is 5.75 Å². The molecule has 1 saturated heterocycles. The van der Waals surface area contributed by atoms with Gasteiger partial charge in [-0.2, -0.15) is 4.31 Å². The smallest absolute Gasteiger partial charge is 0.265 e. The first-order chi connectivity index (χ1) is 14.4. The van der Waals surface area contributed by atoms with Crippen LogP contribution in [0, 0.1) is 0 Å². The number of hydrogen-bond donors (Lipinski definition) is 1. The third-order valence-corrected chi connectivity index (χ3v) is 7.74. The molecule has 1 heterocycles. The number of rotatable bonds is 6. The molecule has 1 atom stereocenters. The summed E-state index contributed by atoms with van der Waals surface area (Å²) >= 11 is 0. The van der Waals surface area contributed by atoms with Gasteiger partial charge in [0.2, 0.25) is 10.0 Å². The highest BCUT2D eigenvalue weighted by molar-refractivity contribution is 7.89. The van der Waals surface area contributed by atoms with Crippen molar-refractivity contribution in [1.29, 1.82) is 0 Å². The number of sulfonamides is 1. The molecule has 0 bridgehead atoms. The van der Waals surface area contributed by atoms with Crippen molar-refractivity contribution in [2.75, 3.05) is 18.4 Å². The minimum absolute atomic E-state index is 0.251. The highest BCUT2D eigenvalue weighted by atomic mass is 32.2. The Morgan fingerprint density at radius 1 is 0.967 bits per heavy atom. The number of ether oxygens (including phenoxy) is 1. The summed E-state index contributed by atoms with van der Waals surface area (Å²) in [5, 5.41) is 2.80. The lowest BCUT2D eigenvalue weighted by molar-refractivity contribution is -0.122. The number of hydrogen-bond acceptors (Lipinski definition) is 4. The van der Waals surface area contributed by atoms with Crippen LogP contribution in [0.1, 0.15) is 43.7 Å². The summed E-state index contributed by atoms with van der Waals surface area (Å²) in [6, 6.07) is 12.4. The van der Waals surface area contributed by atoms with Crippen LogP contribution >= 0.6 is 0 Å². The second kappa shape index (κ2) is 8.78. The maximum atomic E-state index is 12.6. The first-order valence-electron chi connectivity index (χ1n) is 10.6. The molecule has 7 heteroatoms. The van der Waals surface area contributed by atoms with E-state index in [4.69, 9.17) is 4.74 Å². The van der Waals surface area contributed by atoms with Crippen LogP contribution in [0.25, 0.3) is 0 Å². The van der Waals surface area contributed by atoms with Gasteiger partial charge in [0.15, 0.2) is 6.10 Å². The summed E-state index contributed by atoms with van der Waals surface area (Å²) in [5.41, 5.74) is 3.22. The van der Waals surface area contributed by atoms with Gasteiger partial charge in [-0.3, -0.25) is 4.79 Å². The van der Waals surface area contributed by atoms with Crippen LogP contribution < -0.4 is 10.1 Å². The number of benzene rings is 2. The van der Waals surface area contributed by atoms with Gasteiger partial charge in [0.1, 0.15) is 5.75 Å². The Labute approximate surface area is 178 Å². The molecule has 1 fully saturated rings. The average molecular weight is 429 g/mol. The van der Waals surface area contributed by atoms with Crippen LogP contribution in [0.2, 0.25) is 0 Å². The first-order valence-corrected chi connectivity index (χ1v) is 12.1. The summed E-state index contributed by atoms with van der Waals surface area (Å²) < 4.78 is 32.6. The Kier molecular flexibility index (Phi) is 6.11. The van der Waals surface area contributed by atoms with Gasteiger partial charge >= 0.3 is 0 Å². The van der Waals surface area contributed by atoms with Crippen molar-refractivity contribution in [1.82, 2.24) is 4.31 Å². The predicted molar refractivity (Wildman–Crippen MR) is 116 cm³/mol. The van der Waals surface area contributed by atoms with E-state index in [1.807, 2.05) is 12.1 Å². The number of nitrogens with zero attached hydrogens (tertiary/aromatic N) is 1. The van der Waals surface area contributed by atoms with Gasteiger partial charge in [0.05, 0.1) is 4.90 Å². The van der Waals surface area contributed by atoms with Crippen molar-refractivity contribution >= 4 is 21.6 Å². The molecular formula is C23H28N2O4S. The first kappa shape index (κ1) is 20.9. The van der Waals surface area contributed by atoms with Gasteiger partial charge in [-0.15, -0.1) is 0 Å². The van der Waals surface area contributed by atoms with Crippen molar-refractivity contribution in [3.8, 4) is 5.75 Å². The summed E-state index contributed by atoms with van der Waals surface area (Å²) in [6.07, 6.45) is 5.71. The van der Waals surface area contributed by atoms with Crippen LogP contribution in [0.3, 0.4) is 0 Å². The fourth-order valence-corrected chi connectivity index (χ4v) is 5.59. The summed E-state index contributed by atoms with van der Waals surface area (Å²) in [4.78, 5) is 12.8. The molecule has 2 aliphatic rings. The third kappa shape index (κ3) is 4.52. The third-order valence-electron chi connectivity index (χ3n) is 5.83. The Morgan fingerprint density at radius 2 is 1.63 bits per heavy atom. The van der Waals surface area contributed by atoms with Crippen molar-refractivity contribution in [2.45, 2.75) is 56.4 Å². The van der Waals surface area contributed by atoms with Gasteiger partial charge in [-0.25, -0.2) is 8.42 Å². The largest absolute Gasteiger partial charge is 0.481 e. The molecule has 2 aromatic carbocycles. The molecular weight excluding hydrogens is 400 g/mol. The maximum absolute atomic E-state index is 12.6. The monoisotopic (exact) mass is 428 g/mol. The highest BCUT2D eigenvalue weighted by Crippen LogP contribution is 2.26. The molecule has 0 spiro atoms. The molecule has 1 amide bonds. The normalized spacial score (nSPS) is 17.9. The fourth-order valence-electron chi connectivity index (χ4n) is 4.07. The SMILES string of the molecule is C[C@H](Oc1ccc2c(c1)CCCC2)C(=O)Nc1ccc(S(=O)(=O)N2CCCC2)cc1. The molecule has 1 N–H and O–H groups in total. The molecule has 1 aliphatic carbocycles. The van der Waals surface area contributed by atoms with Crippen molar-refractivity contribution in [3.63, 3.8) is 0 Å². The van der Waals surface area contributed by atoms with E-state index in [9.17, 15) is 13.2 Å². The number of anilines is 1. The van der Waals surface area contributed by atoms with Gasteiger partial charge < -0.3 is 10.1 Å². The molecule has 4 rings (SSSR count). The molecule has 1 aliphatic heterocycles. The van der Waals surface area contributed by atoms with E-state index in [0.717, 1.165) is 25.7 Å². The quantitative estimate of drug-likeness (QED) is 0.760. The number of nitrogens with one attached hydrogen (secondary N) is 1. The molecule has 0 saturated carbocycles. The summed E-state index contributed by atoms with van der Waals surface area (Å²) in [6.45, 7) is 2.84. The summed E-state index contributed by atoms with van der Waals surface area (Å²) in [7, 11) is -3.45. The second-order valence-corrected chi connectivity index (χ2v) is 9.96. The van der Waals surface area contributed by atoms with Gasteiger partial charge in [0.25, 0.3) is 5.91 Å². The zero-order chi connectivity index (χ0) is 21.1. The number of fused-ring (bicyclic) bond motifs is 1. The molecule has 0 radical (unpaired) electrons. The number of carbonyl (C=O) groups is 1. The molecule has 30 heavy (non-hydrogen) atoms. The Morgan fingerprint density at radius 3 is 2.33 bits per heavy atom. The maximum Gasteiger partial charge on any atom is 0.265 e. The standard InChI is InChI=1S/C23H28N2O4S/c1-17(29-21-11-8-18-6-2-3-7-19(18)16-21)23(26)24-20-9-12-22(13-10-20)30(27,28)25-14-4-5-15-25/h8-13,16-17H,2-7,14-15H2,1H3,(H,24,26)/t17-/m0/s1. The Hall–Kier alpha value is -2.38. The van der Waals surface area contributed by atoms with E-state index in [-0.39, 0.29) is 10.8 Å². The Balaban J connectivity index is 1.37. The second-order valence-electron chi connectivity index (χ2n) is 8.02. The van der Waals surface area contributed by atoms with E-state index in [2.05, 4.69) is 11.4 Å². The lowest BCUT2D eigenvalue weighted by Crippen LogP contribution is -2.30. The zero-order valence-corrected chi connectivity index (χ0v) is 18.1. The van der Waals surface area contributed by atoms with Crippen LogP contribution in [-0.4, -0.2) is 37.8 Å². The van der Waals surface area contributed by atoms with E-state index in [1.165, 1.54) is 40.4 Å². The van der Waals surface area contributed by atoms with E-state index in [1.54, 1.807) is 19.1 Å². The minimum Gasteiger partial charge on any atom is -0.481 e. The number of carbonyl (C=O) groups excluding carboxylic acids is 1. The lowest BCUT2D eigenvalue weighted by Gasteiger charge is -2.19. The minimum atomic E-state index is -3.45. The van der Waals surface area contributed by atoms with Crippen molar-refractivity contribution in [2.24, 2.45) is 0 Å². The van der Waals surface area contributed by atoms with Crippen LogP contribution in [0.4, 0.5) is 5.69 Å². The predicted octanol–water partition coefficient (Wildman–Crippen LogP) is 3.76. The summed E-state index contributed by atoms with van der Waals surface area (Å²) in [5.74, 6) is 0.424.